The zero-order chi connectivity index (χ0) is 20.3. The number of carbonyl (C=O) groups is 1. The van der Waals surface area contributed by atoms with Crippen molar-refractivity contribution in [1.82, 2.24) is 4.90 Å². The Bertz CT molecular complexity index is 742. The molecule has 5 heteroatoms. The Labute approximate surface area is 168 Å². The Morgan fingerprint density at radius 1 is 1.21 bits per heavy atom. The Hall–Kier alpha value is -2.01. The largest absolute Gasteiger partial charge is 0.493 e. The molecule has 0 amide bonds. The van der Waals surface area contributed by atoms with Crippen LogP contribution in [0.1, 0.15) is 51.5 Å². The summed E-state index contributed by atoms with van der Waals surface area (Å²) < 4.78 is 16.7. The molecule has 0 N–H and O–H groups in total. The van der Waals surface area contributed by atoms with Gasteiger partial charge in [-0.3, -0.25) is 9.69 Å². The van der Waals surface area contributed by atoms with E-state index in [-0.39, 0.29) is 17.4 Å². The maximum Gasteiger partial charge on any atom is 0.310 e. The molecule has 1 saturated heterocycles. The van der Waals surface area contributed by atoms with Crippen molar-refractivity contribution in [2.45, 2.75) is 57.4 Å². The minimum Gasteiger partial charge on any atom is -0.493 e. The fourth-order valence-electron chi connectivity index (χ4n) is 4.54. The van der Waals surface area contributed by atoms with Gasteiger partial charge in [0.15, 0.2) is 11.5 Å². The second-order valence-electron chi connectivity index (χ2n) is 8.44. The standard InChI is InChI=1S/C23H33NO4/c1-16(2)6-9-22(25)28-18-10-11-23(12-13-24(3)21(23)15-18)17-7-8-19(26-4)20(14-17)27-5/h7-8,14-16,21H,6,9-13H2,1-5H3/t21-,23-/m0/s1. The third-order valence-electron chi connectivity index (χ3n) is 6.24. The van der Waals surface area contributed by atoms with Crippen LogP contribution in [0.3, 0.4) is 0 Å². The highest BCUT2D eigenvalue weighted by molar-refractivity contribution is 5.70. The molecule has 0 radical (unpaired) electrons. The number of likely N-dealkylation sites (N-methyl/N-ethyl adjacent to an activating group) is 1. The molecule has 3 rings (SSSR count). The summed E-state index contributed by atoms with van der Waals surface area (Å²) in [7, 11) is 5.48. The fraction of sp³-hybridized carbons (Fsp3) is 0.609. The highest BCUT2D eigenvalue weighted by atomic mass is 16.5. The molecular weight excluding hydrogens is 354 g/mol. The first kappa shape index (κ1) is 20.7. The van der Waals surface area contributed by atoms with Crippen molar-refractivity contribution in [2.24, 2.45) is 5.92 Å². The van der Waals surface area contributed by atoms with E-state index in [2.05, 4.69) is 44.0 Å². The minimum absolute atomic E-state index is 0.0160. The number of carbonyl (C=O) groups excluding carboxylic acids is 1. The molecule has 1 aromatic rings. The number of methoxy groups -OCH3 is 2. The summed E-state index contributed by atoms with van der Waals surface area (Å²) in [5.74, 6) is 2.73. The molecule has 1 fully saturated rings. The van der Waals surface area contributed by atoms with E-state index in [4.69, 9.17) is 14.2 Å². The van der Waals surface area contributed by atoms with Crippen LogP contribution in [-0.2, 0) is 14.9 Å². The number of hydrogen-bond donors (Lipinski definition) is 0. The molecule has 0 bridgehead atoms. The van der Waals surface area contributed by atoms with Crippen LogP contribution in [0.2, 0.25) is 0 Å². The van der Waals surface area contributed by atoms with Crippen LogP contribution in [0.4, 0.5) is 0 Å². The molecule has 2 atom stereocenters. The van der Waals surface area contributed by atoms with Crippen molar-refractivity contribution < 1.29 is 19.0 Å². The average Bonchev–Trinajstić information content (AvgIpc) is 3.03. The van der Waals surface area contributed by atoms with Crippen molar-refractivity contribution in [3.63, 3.8) is 0 Å². The Kier molecular flexibility index (Phi) is 6.33. The second-order valence-corrected chi connectivity index (χ2v) is 8.44. The molecule has 0 unspecified atom stereocenters. The van der Waals surface area contributed by atoms with Crippen molar-refractivity contribution in [3.8, 4) is 11.5 Å². The molecule has 1 aromatic carbocycles. The zero-order valence-electron chi connectivity index (χ0n) is 17.8. The van der Waals surface area contributed by atoms with Gasteiger partial charge in [-0.05, 0) is 62.5 Å². The molecular formula is C23H33NO4. The Morgan fingerprint density at radius 2 is 1.96 bits per heavy atom. The topological polar surface area (TPSA) is 48.0 Å². The Balaban J connectivity index is 1.83. The van der Waals surface area contributed by atoms with Gasteiger partial charge in [0, 0.05) is 24.3 Å². The minimum atomic E-state index is -0.112. The first-order valence-corrected chi connectivity index (χ1v) is 10.2. The van der Waals surface area contributed by atoms with Crippen LogP contribution in [0.25, 0.3) is 0 Å². The molecule has 1 aliphatic heterocycles. The van der Waals surface area contributed by atoms with Gasteiger partial charge >= 0.3 is 5.97 Å². The molecule has 28 heavy (non-hydrogen) atoms. The van der Waals surface area contributed by atoms with Crippen LogP contribution in [-0.4, -0.2) is 44.7 Å². The summed E-state index contributed by atoms with van der Waals surface area (Å²) >= 11 is 0. The van der Waals surface area contributed by atoms with E-state index in [0.717, 1.165) is 49.5 Å². The van der Waals surface area contributed by atoms with Crippen molar-refractivity contribution >= 4 is 5.97 Å². The van der Waals surface area contributed by atoms with E-state index < -0.39 is 0 Å². The van der Waals surface area contributed by atoms with Gasteiger partial charge < -0.3 is 14.2 Å². The molecule has 0 spiro atoms. The lowest BCUT2D eigenvalue weighted by molar-refractivity contribution is -0.140. The summed E-state index contributed by atoms with van der Waals surface area (Å²) in [4.78, 5) is 14.5. The average molecular weight is 388 g/mol. The van der Waals surface area contributed by atoms with Crippen LogP contribution < -0.4 is 9.47 Å². The van der Waals surface area contributed by atoms with Crippen LogP contribution >= 0.6 is 0 Å². The van der Waals surface area contributed by atoms with Gasteiger partial charge in [-0.15, -0.1) is 0 Å². The maximum atomic E-state index is 12.2. The van der Waals surface area contributed by atoms with Gasteiger partial charge in [0.1, 0.15) is 5.76 Å². The number of ether oxygens (including phenoxy) is 3. The molecule has 0 saturated carbocycles. The fourth-order valence-corrected chi connectivity index (χ4v) is 4.54. The number of allylic oxidation sites excluding steroid dienone is 1. The van der Waals surface area contributed by atoms with Crippen molar-refractivity contribution in [3.05, 3.63) is 35.6 Å². The summed E-state index contributed by atoms with van der Waals surface area (Å²) in [5.41, 5.74) is 1.28. The van der Waals surface area contributed by atoms with Gasteiger partial charge in [-0.2, -0.15) is 0 Å². The van der Waals surface area contributed by atoms with E-state index in [0.29, 0.717) is 12.3 Å². The summed E-state index contributed by atoms with van der Waals surface area (Å²) in [6.45, 7) is 5.26. The van der Waals surface area contributed by atoms with Gasteiger partial charge in [0.25, 0.3) is 0 Å². The lowest BCUT2D eigenvalue weighted by Gasteiger charge is -2.40. The van der Waals surface area contributed by atoms with Crippen LogP contribution in [0.5, 0.6) is 11.5 Å². The normalized spacial score (nSPS) is 24.6. The predicted molar refractivity (Wildman–Crippen MR) is 110 cm³/mol. The second kappa shape index (κ2) is 8.56. The number of nitrogens with zero attached hydrogens (tertiary/aromatic N) is 1. The molecule has 154 valence electrons. The number of hydrogen-bond acceptors (Lipinski definition) is 5. The highest BCUT2D eigenvalue weighted by Gasteiger charge is 2.48. The molecule has 1 heterocycles. The number of rotatable bonds is 7. The van der Waals surface area contributed by atoms with Gasteiger partial charge in [0.2, 0.25) is 0 Å². The highest BCUT2D eigenvalue weighted by Crippen LogP contribution is 2.49. The van der Waals surface area contributed by atoms with Gasteiger partial charge in [-0.25, -0.2) is 0 Å². The number of esters is 1. The number of fused-ring (bicyclic) bond motifs is 1. The van der Waals surface area contributed by atoms with E-state index in [1.165, 1.54) is 5.56 Å². The third-order valence-corrected chi connectivity index (χ3v) is 6.24. The van der Waals surface area contributed by atoms with Gasteiger partial charge in [-0.1, -0.05) is 19.9 Å². The summed E-state index contributed by atoms with van der Waals surface area (Å²) in [6, 6.07) is 6.47. The first-order valence-electron chi connectivity index (χ1n) is 10.2. The van der Waals surface area contributed by atoms with E-state index >= 15 is 0 Å². The Morgan fingerprint density at radius 3 is 2.64 bits per heavy atom. The predicted octanol–water partition coefficient (Wildman–Crippen LogP) is 4.30. The molecule has 1 aliphatic carbocycles. The monoisotopic (exact) mass is 387 g/mol. The molecule has 5 nitrogen and oxygen atoms in total. The van der Waals surface area contributed by atoms with E-state index in [1.807, 2.05) is 6.07 Å². The van der Waals surface area contributed by atoms with Crippen LogP contribution in [0.15, 0.2) is 30.0 Å². The van der Waals surface area contributed by atoms with Crippen LogP contribution in [0, 0.1) is 5.92 Å². The first-order chi connectivity index (χ1) is 13.4. The summed E-state index contributed by atoms with van der Waals surface area (Å²) in [6.07, 6.45) is 6.34. The van der Waals surface area contributed by atoms with E-state index in [9.17, 15) is 4.79 Å². The molecule has 0 aromatic heterocycles. The maximum absolute atomic E-state index is 12.2. The summed E-state index contributed by atoms with van der Waals surface area (Å²) in [5, 5.41) is 0. The number of likely N-dealkylation sites (tertiary alicyclic amines) is 1. The van der Waals surface area contributed by atoms with Crippen molar-refractivity contribution in [1.29, 1.82) is 0 Å². The smallest absolute Gasteiger partial charge is 0.310 e. The van der Waals surface area contributed by atoms with Gasteiger partial charge in [0.05, 0.1) is 14.2 Å². The lowest BCUT2D eigenvalue weighted by Crippen LogP contribution is -2.42. The lowest BCUT2D eigenvalue weighted by atomic mass is 9.68. The third kappa shape index (κ3) is 4.04. The van der Waals surface area contributed by atoms with E-state index in [1.54, 1.807) is 14.2 Å². The van der Waals surface area contributed by atoms with Crippen molar-refractivity contribution in [2.75, 3.05) is 27.8 Å². The zero-order valence-corrected chi connectivity index (χ0v) is 17.8. The SMILES string of the molecule is COc1ccc([C@@]23CCC(OC(=O)CCC(C)C)=C[C@@H]2N(C)CC3)cc1OC. The number of benzene rings is 1. The quantitative estimate of drug-likeness (QED) is 0.653. The molecule has 2 aliphatic rings.